The van der Waals surface area contributed by atoms with Crippen molar-refractivity contribution in [3.8, 4) is 5.75 Å². The summed E-state index contributed by atoms with van der Waals surface area (Å²) in [6.07, 6.45) is 0. The summed E-state index contributed by atoms with van der Waals surface area (Å²) < 4.78 is 13.6. The van der Waals surface area contributed by atoms with Crippen LogP contribution in [0.1, 0.15) is 11.1 Å². The van der Waals surface area contributed by atoms with Gasteiger partial charge >= 0.3 is 0 Å². The van der Waals surface area contributed by atoms with Crippen LogP contribution in [0.15, 0.2) is 46.9 Å². The number of aromatic hydroxyl groups is 1. The zero-order valence-corrected chi connectivity index (χ0v) is 11.2. The lowest BCUT2D eigenvalue weighted by Crippen LogP contribution is -2.12. The van der Waals surface area contributed by atoms with E-state index in [1.54, 1.807) is 12.1 Å². The van der Waals surface area contributed by atoms with Gasteiger partial charge in [-0.3, -0.25) is 0 Å². The highest BCUT2D eigenvalue weighted by Crippen LogP contribution is 2.24. The van der Waals surface area contributed by atoms with E-state index < -0.39 is 0 Å². The molecule has 18 heavy (non-hydrogen) atoms. The van der Waals surface area contributed by atoms with E-state index in [-0.39, 0.29) is 11.6 Å². The molecule has 0 amide bonds. The fourth-order valence-corrected chi connectivity index (χ4v) is 2.08. The molecular weight excluding hydrogens is 297 g/mol. The number of phenolic OH excluding ortho intramolecular Hbond substituents is 1. The van der Waals surface area contributed by atoms with Gasteiger partial charge in [-0.15, -0.1) is 0 Å². The van der Waals surface area contributed by atoms with Crippen LogP contribution >= 0.6 is 15.9 Å². The van der Waals surface area contributed by atoms with Gasteiger partial charge in [-0.25, -0.2) is 4.39 Å². The SMILES string of the molecule is Oc1ccc(CNCc2cccc(F)c2)cc1Br. The number of nitrogens with one attached hydrogen (secondary N) is 1. The molecule has 0 saturated heterocycles. The van der Waals surface area contributed by atoms with Crippen LogP contribution in [0.25, 0.3) is 0 Å². The van der Waals surface area contributed by atoms with Crippen molar-refractivity contribution in [1.29, 1.82) is 0 Å². The largest absolute Gasteiger partial charge is 0.507 e. The summed E-state index contributed by atoms with van der Waals surface area (Å²) in [7, 11) is 0. The van der Waals surface area contributed by atoms with Crippen molar-refractivity contribution < 1.29 is 9.50 Å². The molecule has 0 spiro atoms. The van der Waals surface area contributed by atoms with E-state index in [2.05, 4.69) is 21.2 Å². The predicted molar refractivity (Wildman–Crippen MR) is 72.8 cm³/mol. The smallest absolute Gasteiger partial charge is 0.129 e. The quantitative estimate of drug-likeness (QED) is 0.904. The third-order valence-electron chi connectivity index (χ3n) is 2.56. The van der Waals surface area contributed by atoms with Gasteiger partial charge in [0.15, 0.2) is 0 Å². The molecule has 0 aliphatic carbocycles. The summed E-state index contributed by atoms with van der Waals surface area (Å²) in [6.45, 7) is 1.27. The third-order valence-corrected chi connectivity index (χ3v) is 3.19. The zero-order chi connectivity index (χ0) is 13.0. The second-order valence-corrected chi connectivity index (χ2v) is 4.87. The van der Waals surface area contributed by atoms with E-state index in [0.29, 0.717) is 17.6 Å². The molecule has 0 unspecified atom stereocenters. The molecule has 0 aliphatic heterocycles. The van der Waals surface area contributed by atoms with Crippen LogP contribution in [0.3, 0.4) is 0 Å². The summed E-state index contributed by atoms with van der Waals surface area (Å²) >= 11 is 3.27. The molecule has 2 aromatic rings. The lowest BCUT2D eigenvalue weighted by molar-refractivity contribution is 0.471. The van der Waals surface area contributed by atoms with E-state index in [0.717, 1.165) is 11.1 Å². The minimum absolute atomic E-state index is 0.221. The van der Waals surface area contributed by atoms with Gasteiger partial charge in [0.1, 0.15) is 11.6 Å². The van der Waals surface area contributed by atoms with E-state index in [4.69, 9.17) is 0 Å². The lowest BCUT2D eigenvalue weighted by atomic mass is 10.2. The van der Waals surface area contributed by atoms with Crippen LogP contribution in [-0.2, 0) is 13.1 Å². The first kappa shape index (κ1) is 13.1. The van der Waals surface area contributed by atoms with Gasteiger partial charge in [0.05, 0.1) is 4.47 Å². The van der Waals surface area contributed by atoms with Crippen LogP contribution in [0, 0.1) is 5.82 Å². The number of benzene rings is 2. The Labute approximate surface area is 114 Å². The van der Waals surface area contributed by atoms with E-state index in [1.807, 2.05) is 18.2 Å². The van der Waals surface area contributed by atoms with Gasteiger partial charge in [-0.1, -0.05) is 18.2 Å². The minimum atomic E-state index is -0.221. The van der Waals surface area contributed by atoms with Crippen molar-refractivity contribution in [3.05, 3.63) is 63.9 Å². The van der Waals surface area contributed by atoms with Crippen LogP contribution in [-0.4, -0.2) is 5.11 Å². The normalized spacial score (nSPS) is 10.6. The predicted octanol–water partition coefficient (Wildman–Crippen LogP) is 3.58. The van der Waals surface area contributed by atoms with Gasteiger partial charge in [-0.05, 0) is 51.3 Å². The first-order chi connectivity index (χ1) is 8.65. The number of phenols is 1. The second-order valence-electron chi connectivity index (χ2n) is 4.02. The van der Waals surface area contributed by atoms with Crippen molar-refractivity contribution in [3.63, 3.8) is 0 Å². The van der Waals surface area contributed by atoms with Crippen molar-refractivity contribution in [2.45, 2.75) is 13.1 Å². The maximum atomic E-state index is 13.0. The zero-order valence-electron chi connectivity index (χ0n) is 9.66. The number of halogens is 2. The topological polar surface area (TPSA) is 32.3 Å². The Morgan fingerprint density at radius 3 is 2.44 bits per heavy atom. The minimum Gasteiger partial charge on any atom is -0.507 e. The first-order valence-electron chi connectivity index (χ1n) is 5.58. The molecule has 0 radical (unpaired) electrons. The van der Waals surface area contributed by atoms with Crippen LogP contribution in [0.4, 0.5) is 4.39 Å². The molecule has 2 rings (SSSR count). The molecule has 0 atom stereocenters. The molecule has 2 aromatic carbocycles. The fourth-order valence-electron chi connectivity index (χ4n) is 1.66. The fraction of sp³-hybridized carbons (Fsp3) is 0.143. The van der Waals surface area contributed by atoms with Crippen molar-refractivity contribution >= 4 is 15.9 Å². The molecule has 94 valence electrons. The monoisotopic (exact) mass is 309 g/mol. The summed E-state index contributed by atoms with van der Waals surface area (Å²) in [5, 5.41) is 12.6. The van der Waals surface area contributed by atoms with Crippen molar-refractivity contribution in [1.82, 2.24) is 5.32 Å². The summed E-state index contributed by atoms with van der Waals surface area (Å²) in [5.74, 6) is 0.00515. The van der Waals surface area contributed by atoms with Gasteiger partial charge in [-0.2, -0.15) is 0 Å². The summed E-state index contributed by atoms with van der Waals surface area (Å²) in [5.41, 5.74) is 1.96. The molecule has 2 N–H and O–H groups in total. The number of hydrogen-bond acceptors (Lipinski definition) is 2. The van der Waals surface area contributed by atoms with Gasteiger partial charge in [0, 0.05) is 13.1 Å². The molecule has 4 heteroatoms. The Balaban J connectivity index is 1.90. The molecule has 0 fully saturated rings. The van der Waals surface area contributed by atoms with Crippen molar-refractivity contribution in [2.24, 2.45) is 0 Å². The van der Waals surface area contributed by atoms with Gasteiger partial charge in [0.25, 0.3) is 0 Å². The Morgan fingerprint density at radius 1 is 1.06 bits per heavy atom. The second kappa shape index (κ2) is 5.98. The van der Waals surface area contributed by atoms with Gasteiger partial charge < -0.3 is 10.4 Å². The van der Waals surface area contributed by atoms with Crippen molar-refractivity contribution in [2.75, 3.05) is 0 Å². The Morgan fingerprint density at radius 2 is 1.78 bits per heavy atom. The Hall–Kier alpha value is -1.39. The highest BCUT2D eigenvalue weighted by Gasteiger charge is 2.00. The van der Waals surface area contributed by atoms with Gasteiger partial charge in [0.2, 0.25) is 0 Å². The summed E-state index contributed by atoms with van der Waals surface area (Å²) in [6, 6.07) is 11.9. The molecule has 0 aromatic heterocycles. The standard InChI is InChI=1S/C14H13BrFNO/c15-13-7-11(4-5-14(13)18)9-17-8-10-2-1-3-12(16)6-10/h1-7,17-18H,8-9H2. The van der Waals surface area contributed by atoms with E-state index in [9.17, 15) is 9.50 Å². The average Bonchev–Trinajstić information content (AvgIpc) is 2.34. The van der Waals surface area contributed by atoms with Crippen LogP contribution in [0.2, 0.25) is 0 Å². The molecular formula is C14H13BrFNO. The molecule has 0 bridgehead atoms. The highest BCUT2D eigenvalue weighted by atomic mass is 79.9. The Kier molecular flexibility index (Phi) is 4.33. The van der Waals surface area contributed by atoms with E-state index >= 15 is 0 Å². The van der Waals surface area contributed by atoms with Crippen LogP contribution < -0.4 is 5.32 Å². The number of hydrogen-bond donors (Lipinski definition) is 2. The molecule has 0 aliphatic rings. The van der Waals surface area contributed by atoms with E-state index in [1.165, 1.54) is 12.1 Å². The third kappa shape index (κ3) is 3.55. The molecule has 2 nitrogen and oxygen atoms in total. The maximum Gasteiger partial charge on any atom is 0.129 e. The summed E-state index contributed by atoms with van der Waals surface area (Å²) in [4.78, 5) is 0. The number of rotatable bonds is 4. The maximum absolute atomic E-state index is 13.0. The highest BCUT2D eigenvalue weighted by molar-refractivity contribution is 9.10. The average molecular weight is 310 g/mol. The Bertz CT molecular complexity index is 545. The molecule has 0 saturated carbocycles. The first-order valence-corrected chi connectivity index (χ1v) is 6.37. The molecule has 0 heterocycles. The lowest BCUT2D eigenvalue weighted by Gasteiger charge is -2.06. The van der Waals surface area contributed by atoms with Crippen LogP contribution in [0.5, 0.6) is 5.75 Å².